The molecular weight excluding hydrogens is 250 g/mol. The van der Waals surface area contributed by atoms with E-state index < -0.39 is 0 Å². The van der Waals surface area contributed by atoms with Crippen molar-refractivity contribution in [2.45, 2.75) is 13.0 Å². The number of aromatic nitrogens is 2. The van der Waals surface area contributed by atoms with Gasteiger partial charge >= 0.3 is 0 Å². The monoisotopic (exact) mass is 265 g/mol. The van der Waals surface area contributed by atoms with Crippen LogP contribution in [-0.4, -0.2) is 23.5 Å². The fourth-order valence-electron chi connectivity index (χ4n) is 1.87. The van der Waals surface area contributed by atoms with E-state index in [4.69, 9.17) is 22.1 Å². The summed E-state index contributed by atoms with van der Waals surface area (Å²) in [6, 6.07) is 7.46. The number of nitrogen functional groups attached to an aromatic ring is 1. The van der Waals surface area contributed by atoms with Crippen molar-refractivity contribution in [3.05, 3.63) is 35.5 Å². The molecule has 0 radical (unpaired) electrons. The first kappa shape index (κ1) is 12.9. The molecular formula is C13H16ClN3O. The molecule has 1 aromatic carbocycles. The van der Waals surface area contributed by atoms with E-state index in [9.17, 15) is 0 Å². The SMILES string of the molecule is COCCCn1nccc1-c1ccc(Cl)cc1N. The van der Waals surface area contributed by atoms with Gasteiger partial charge in [0.05, 0.1) is 5.69 Å². The number of halogens is 1. The molecule has 0 spiro atoms. The average molecular weight is 266 g/mol. The summed E-state index contributed by atoms with van der Waals surface area (Å²) in [5, 5.41) is 4.94. The number of anilines is 1. The largest absolute Gasteiger partial charge is 0.398 e. The molecule has 4 nitrogen and oxygen atoms in total. The summed E-state index contributed by atoms with van der Waals surface area (Å²) < 4.78 is 6.97. The van der Waals surface area contributed by atoms with Gasteiger partial charge in [0.25, 0.3) is 0 Å². The normalized spacial score (nSPS) is 10.8. The molecule has 0 amide bonds. The van der Waals surface area contributed by atoms with Gasteiger partial charge in [-0.05, 0) is 30.7 Å². The van der Waals surface area contributed by atoms with Crippen LogP contribution in [0.4, 0.5) is 5.69 Å². The topological polar surface area (TPSA) is 53.1 Å². The quantitative estimate of drug-likeness (QED) is 0.668. The minimum atomic E-state index is 0.640. The molecule has 0 aliphatic rings. The molecule has 0 aliphatic heterocycles. The maximum atomic E-state index is 5.99. The summed E-state index contributed by atoms with van der Waals surface area (Å²) in [6.07, 6.45) is 2.69. The van der Waals surface area contributed by atoms with Crippen LogP contribution in [0.15, 0.2) is 30.5 Å². The van der Waals surface area contributed by atoms with Crippen LogP contribution in [0.5, 0.6) is 0 Å². The highest BCUT2D eigenvalue weighted by Gasteiger charge is 2.08. The standard InChI is InChI=1S/C13H16ClN3O/c1-18-8-2-7-17-13(5-6-16-17)11-4-3-10(14)9-12(11)15/h3-6,9H,2,7-8,15H2,1H3. The summed E-state index contributed by atoms with van der Waals surface area (Å²) in [7, 11) is 1.70. The molecule has 1 heterocycles. The second-order valence-corrected chi connectivity index (χ2v) is 4.45. The highest BCUT2D eigenvalue weighted by molar-refractivity contribution is 6.31. The van der Waals surface area contributed by atoms with Crippen molar-refractivity contribution < 1.29 is 4.74 Å². The number of aryl methyl sites for hydroxylation is 1. The molecule has 96 valence electrons. The lowest BCUT2D eigenvalue weighted by molar-refractivity contribution is 0.189. The molecule has 0 saturated carbocycles. The van der Waals surface area contributed by atoms with E-state index >= 15 is 0 Å². The first-order valence-corrected chi connectivity index (χ1v) is 6.16. The lowest BCUT2D eigenvalue weighted by Crippen LogP contribution is -2.05. The Morgan fingerprint density at radius 3 is 2.94 bits per heavy atom. The Morgan fingerprint density at radius 1 is 1.39 bits per heavy atom. The fourth-order valence-corrected chi connectivity index (χ4v) is 2.05. The van der Waals surface area contributed by atoms with Crippen LogP contribution in [0, 0.1) is 0 Å². The number of hydrogen-bond donors (Lipinski definition) is 1. The first-order valence-electron chi connectivity index (χ1n) is 5.78. The Kier molecular flexibility index (Phi) is 4.23. The predicted octanol–water partition coefficient (Wildman–Crippen LogP) is 2.82. The summed E-state index contributed by atoms with van der Waals surface area (Å²) in [5.74, 6) is 0. The van der Waals surface area contributed by atoms with Crippen molar-refractivity contribution in [1.29, 1.82) is 0 Å². The second kappa shape index (κ2) is 5.89. The number of ether oxygens (including phenoxy) is 1. The third-order valence-corrected chi connectivity index (χ3v) is 2.96. The van der Waals surface area contributed by atoms with Crippen LogP contribution in [0.25, 0.3) is 11.3 Å². The zero-order valence-electron chi connectivity index (χ0n) is 10.3. The van der Waals surface area contributed by atoms with Crippen molar-refractivity contribution in [1.82, 2.24) is 9.78 Å². The number of hydrogen-bond acceptors (Lipinski definition) is 3. The summed E-state index contributed by atoms with van der Waals surface area (Å²) in [6.45, 7) is 1.52. The van der Waals surface area contributed by atoms with Crippen molar-refractivity contribution >= 4 is 17.3 Å². The molecule has 2 aromatic rings. The Labute approximate surface area is 111 Å². The second-order valence-electron chi connectivity index (χ2n) is 4.02. The number of benzene rings is 1. The molecule has 5 heteroatoms. The van der Waals surface area contributed by atoms with Crippen molar-refractivity contribution in [3.8, 4) is 11.3 Å². The minimum absolute atomic E-state index is 0.640. The van der Waals surface area contributed by atoms with Crippen molar-refractivity contribution in [2.75, 3.05) is 19.5 Å². The molecule has 0 bridgehead atoms. The van der Waals surface area contributed by atoms with E-state index in [1.807, 2.05) is 22.9 Å². The van der Waals surface area contributed by atoms with E-state index in [1.54, 1.807) is 19.4 Å². The van der Waals surface area contributed by atoms with Gasteiger partial charge in [-0.25, -0.2) is 0 Å². The Bertz CT molecular complexity index is 525. The third-order valence-electron chi connectivity index (χ3n) is 2.72. The minimum Gasteiger partial charge on any atom is -0.398 e. The van der Waals surface area contributed by atoms with Crippen LogP contribution < -0.4 is 5.73 Å². The van der Waals surface area contributed by atoms with Gasteiger partial charge in [0.2, 0.25) is 0 Å². The number of methoxy groups -OCH3 is 1. The van der Waals surface area contributed by atoms with Gasteiger partial charge in [-0.3, -0.25) is 4.68 Å². The molecule has 0 atom stereocenters. The maximum Gasteiger partial charge on any atom is 0.0702 e. The molecule has 0 aliphatic carbocycles. The lowest BCUT2D eigenvalue weighted by Gasteiger charge is -2.09. The first-order chi connectivity index (χ1) is 8.72. The van der Waals surface area contributed by atoms with Crippen LogP contribution >= 0.6 is 11.6 Å². The molecule has 0 fully saturated rings. The maximum absolute atomic E-state index is 5.99. The van der Waals surface area contributed by atoms with E-state index in [1.165, 1.54) is 0 Å². The van der Waals surface area contributed by atoms with Crippen LogP contribution in [0.2, 0.25) is 5.02 Å². The Hall–Kier alpha value is -1.52. The van der Waals surface area contributed by atoms with Crippen LogP contribution in [0.3, 0.4) is 0 Å². The lowest BCUT2D eigenvalue weighted by atomic mass is 10.1. The number of nitrogens with zero attached hydrogens (tertiary/aromatic N) is 2. The van der Waals surface area contributed by atoms with Gasteiger partial charge in [-0.2, -0.15) is 5.10 Å². The van der Waals surface area contributed by atoms with Crippen LogP contribution in [0.1, 0.15) is 6.42 Å². The predicted molar refractivity (Wildman–Crippen MR) is 73.6 cm³/mol. The van der Waals surface area contributed by atoms with Gasteiger partial charge in [-0.15, -0.1) is 0 Å². The molecule has 2 rings (SSSR count). The summed E-state index contributed by atoms with van der Waals surface area (Å²) in [5.41, 5.74) is 8.60. The zero-order chi connectivity index (χ0) is 13.0. The summed E-state index contributed by atoms with van der Waals surface area (Å²) >= 11 is 5.90. The molecule has 18 heavy (non-hydrogen) atoms. The number of nitrogens with two attached hydrogens (primary N) is 1. The molecule has 0 unspecified atom stereocenters. The van der Waals surface area contributed by atoms with Gasteiger partial charge in [-0.1, -0.05) is 11.6 Å². The van der Waals surface area contributed by atoms with E-state index in [0.717, 1.165) is 30.8 Å². The highest BCUT2D eigenvalue weighted by atomic mass is 35.5. The smallest absolute Gasteiger partial charge is 0.0702 e. The Morgan fingerprint density at radius 2 is 2.22 bits per heavy atom. The average Bonchev–Trinajstić information content (AvgIpc) is 2.78. The van der Waals surface area contributed by atoms with Gasteiger partial charge in [0.1, 0.15) is 0 Å². The Balaban J connectivity index is 2.25. The van der Waals surface area contributed by atoms with Crippen molar-refractivity contribution in [2.24, 2.45) is 0 Å². The molecule has 0 saturated heterocycles. The van der Waals surface area contributed by atoms with Gasteiger partial charge in [0.15, 0.2) is 0 Å². The van der Waals surface area contributed by atoms with E-state index in [2.05, 4.69) is 5.10 Å². The van der Waals surface area contributed by atoms with E-state index in [-0.39, 0.29) is 0 Å². The third kappa shape index (κ3) is 2.83. The summed E-state index contributed by atoms with van der Waals surface area (Å²) in [4.78, 5) is 0. The van der Waals surface area contributed by atoms with E-state index in [0.29, 0.717) is 10.7 Å². The van der Waals surface area contributed by atoms with Crippen molar-refractivity contribution in [3.63, 3.8) is 0 Å². The van der Waals surface area contributed by atoms with Gasteiger partial charge in [0, 0.05) is 42.7 Å². The molecule has 2 N–H and O–H groups in total. The highest BCUT2D eigenvalue weighted by Crippen LogP contribution is 2.28. The molecule has 1 aromatic heterocycles. The fraction of sp³-hybridized carbons (Fsp3) is 0.308. The van der Waals surface area contributed by atoms with Gasteiger partial charge < -0.3 is 10.5 Å². The zero-order valence-corrected chi connectivity index (χ0v) is 11.0. The number of rotatable bonds is 5. The van der Waals surface area contributed by atoms with Crippen LogP contribution in [-0.2, 0) is 11.3 Å².